The van der Waals surface area contributed by atoms with Crippen molar-refractivity contribution in [1.29, 1.82) is 0 Å². The zero-order valence-corrected chi connectivity index (χ0v) is 12.8. The molecule has 3 rings (SSSR count). The highest BCUT2D eigenvalue weighted by Gasteiger charge is 2.22. The number of nitrogens with one attached hydrogen (secondary N) is 1. The first-order valence-electron chi connectivity index (χ1n) is 7.82. The van der Waals surface area contributed by atoms with Gasteiger partial charge in [-0.1, -0.05) is 31.9 Å². The van der Waals surface area contributed by atoms with Crippen molar-refractivity contribution in [1.82, 2.24) is 14.9 Å². The maximum Gasteiger partial charge on any atom is 0.126 e. The highest BCUT2D eigenvalue weighted by atomic mass is 15.1. The van der Waals surface area contributed by atoms with Gasteiger partial charge in [0.25, 0.3) is 0 Å². The standard InChI is InChI=1S/C17H25N3/c1-12-7-6-8-14(11-12)18-13(2)17-19-15-9-4-5-10-16(15)20(17)3/h4-5,9-10,12-14,18H,6-8,11H2,1-3H3. The lowest BCUT2D eigenvalue weighted by Gasteiger charge is -2.30. The second kappa shape index (κ2) is 5.57. The number of fused-ring (bicyclic) bond motifs is 1. The van der Waals surface area contributed by atoms with Gasteiger partial charge in [0.15, 0.2) is 0 Å². The molecule has 108 valence electrons. The molecule has 1 aromatic carbocycles. The van der Waals surface area contributed by atoms with Crippen LogP contribution in [0.3, 0.4) is 0 Å². The molecule has 1 saturated carbocycles. The van der Waals surface area contributed by atoms with Crippen molar-refractivity contribution in [3.05, 3.63) is 30.1 Å². The Labute approximate surface area is 121 Å². The third-order valence-corrected chi connectivity index (χ3v) is 4.63. The van der Waals surface area contributed by atoms with Crippen LogP contribution in [-0.4, -0.2) is 15.6 Å². The summed E-state index contributed by atoms with van der Waals surface area (Å²) >= 11 is 0. The van der Waals surface area contributed by atoms with Crippen LogP contribution in [-0.2, 0) is 7.05 Å². The van der Waals surface area contributed by atoms with Crippen LogP contribution in [0, 0.1) is 5.92 Å². The predicted molar refractivity (Wildman–Crippen MR) is 83.7 cm³/mol. The Hall–Kier alpha value is -1.35. The number of hydrogen-bond donors (Lipinski definition) is 1. The summed E-state index contributed by atoms with van der Waals surface area (Å²) in [6.07, 6.45) is 5.35. The summed E-state index contributed by atoms with van der Waals surface area (Å²) in [5.74, 6) is 2.00. The van der Waals surface area contributed by atoms with Crippen LogP contribution in [0.15, 0.2) is 24.3 Å². The van der Waals surface area contributed by atoms with Gasteiger partial charge in [-0.15, -0.1) is 0 Å². The molecule has 0 bridgehead atoms. The number of rotatable bonds is 3. The molecule has 3 atom stereocenters. The minimum atomic E-state index is 0.308. The molecule has 3 nitrogen and oxygen atoms in total. The minimum absolute atomic E-state index is 0.308. The summed E-state index contributed by atoms with van der Waals surface area (Å²) < 4.78 is 2.22. The van der Waals surface area contributed by atoms with Crippen molar-refractivity contribution in [3.8, 4) is 0 Å². The molecular weight excluding hydrogens is 246 g/mol. The van der Waals surface area contributed by atoms with E-state index in [0.29, 0.717) is 12.1 Å². The first kappa shape index (κ1) is 13.6. The molecule has 3 unspecified atom stereocenters. The van der Waals surface area contributed by atoms with Crippen molar-refractivity contribution < 1.29 is 0 Å². The molecule has 0 amide bonds. The fourth-order valence-corrected chi connectivity index (χ4v) is 3.57. The number of hydrogen-bond acceptors (Lipinski definition) is 2. The van der Waals surface area contributed by atoms with E-state index in [-0.39, 0.29) is 0 Å². The smallest absolute Gasteiger partial charge is 0.126 e. The maximum atomic E-state index is 4.80. The summed E-state index contributed by atoms with van der Waals surface area (Å²) in [6, 6.07) is 9.32. The molecule has 1 heterocycles. The van der Waals surface area contributed by atoms with Crippen LogP contribution in [0.25, 0.3) is 11.0 Å². The first-order chi connectivity index (χ1) is 9.65. The van der Waals surface area contributed by atoms with Crippen molar-refractivity contribution in [2.45, 2.75) is 51.6 Å². The van der Waals surface area contributed by atoms with Gasteiger partial charge in [-0.25, -0.2) is 4.98 Å². The molecule has 20 heavy (non-hydrogen) atoms. The summed E-state index contributed by atoms with van der Waals surface area (Å²) in [6.45, 7) is 4.61. The van der Waals surface area contributed by atoms with Crippen molar-refractivity contribution in [2.24, 2.45) is 13.0 Å². The number of aromatic nitrogens is 2. The molecule has 1 N–H and O–H groups in total. The largest absolute Gasteiger partial charge is 0.330 e. The van der Waals surface area contributed by atoms with Gasteiger partial charge in [0, 0.05) is 13.1 Å². The third kappa shape index (κ3) is 2.59. The minimum Gasteiger partial charge on any atom is -0.330 e. The first-order valence-corrected chi connectivity index (χ1v) is 7.82. The van der Waals surface area contributed by atoms with E-state index >= 15 is 0 Å². The van der Waals surface area contributed by atoms with Gasteiger partial charge in [0.1, 0.15) is 5.82 Å². The summed E-state index contributed by atoms with van der Waals surface area (Å²) in [5.41, 5.74) is 2.31. The molecule has 1 aromatic heterocycles. The highest BCUT2D eigenvalue weighted by Crippen LogP contribution is 2.26. The fraction of sp³-hybridized carbons (Fsp3) is 0.588. The Bertz CT molecular complexity index is 587. The fourth-order valence-electron chi connectivity index (χ4n) is 3.57. The zero-order valence-electron chi connectivity index (χ0n) is 12.8. The number of aryl methyl sites for hydroxylation is 1. The van der Waals surface area contributed by atoms with E-state index in [2.05, 4.69) is 55.0 Å². The Kier molecular flexibility index (Phi) is 3.79. The van der Waals surface area contributed by atoms with Gasteiger partial charge in [0.05, 0.1) is 17.1 Å². The van der Waals surface area contributed by atoms with E-state index in [9.17, 15) is 0 Å². The van der Waals surface area contributed by atoms with E-state index in [0.717, 1.165) is 17.3 Å². The van der Waals surface area contributed by atoms with Crippen LogP contribution in [0.2, 0.25) is 0 Å². The average molecular weight is 271 g/mol. The third-order valence-electron chi connectivity index (χ3n) is 4.63. The Morgan fingerprint density at radius 3 is 2.85 bits per heavy atom. The SMILES string of the molecule is CC1CCCC(NC(C)c2nc3ccccc3n2C)C1. The van der Waals surface area contributed by atoms with Gasteiger partial charge >= 0.3 is 0 Å². The Morgan fingerprint density at radius 2 is 2.10 bits per heavy atom. The predicted octanol–water partition coefficient (Wildman–Crippen LogP) is 3.80. The molecule has 2 aromatic rings. The monoisotopic (exact) mass is 271 g/mol. The van der Waals surface area contributed by atoms with Crippen molar-refractivity contribution in [3.63, 3.8) is 0 Å². The lowest BCUT2D eigenvalue weighted by Crippen LogP contribution is -2.36. The molecule has 1 fully saturated rings. The van der Waals surface area contributed by atoms with E-state index in [1.54, 1.807) is 0 Å². The van der Waals surface area contributed by atoms with Gasteiger partial charge in [-0.05, 0) is 37.8 Å². The summed E-state index contributed by atoms with van der Waals surface area (Å²) in [4.78, 5) is 4.80. The normalized spacial score (nSPS) is 24.9. The average Bonchev–Trinajstić information content (AvgIpc) is 2.77. The number of para-hydroxylation sites is 2. The maximum absolute atomic E-state index is 4.80. The zero-order chi connectivity index (χ0) is 14.1. The highest BCUT2D eigenvalue weighted by molar-refractivity contribution is 5.75. The molecule has 1 aliphatic carbocycles. The van der Waals surface area contributed by atoms with Gasteiger partial charge < -0.3 is 9.88 Å². The Balaban J connectivity index is 1.78. The van der Waals surface area contributed by atoms with Gasteiger partial charge in [-0.2, -0.15) is 0 Å². The van der Waals surface area contributed by atoms with E-state index in [1.165, 1.54) is 31.2 Å². The van der Waals surface area contributed by atoms with Crippen molar-refractivity contribution >= 4 is 11.0 Å². The van der Waals surface area contributed by atoms with Crippen LogP contribution >= 0.6 is 0 Å². The molecule has 0 aliphatic heterocycles. The lowest BCUT2D eigenvalue weighted by atomic mass is 9.87. The molecule has 0 radical (unpaired) electrons. The number of imidazole rings is 1. The Morgan fingerprint density at radius 1 is 1.30 bits per heavy atom. The van der Waals surface area contributed by atoms with Gasteiger partial charge in [0.2, 0.25) is 0 Å². The van der Waals surface area contributed by atoms with Crippen LogP contribution < -0.4 is 5.32 Å². The van der Waals surface area contributed by atoms with E-state index in [4.69, 9.17) is 4.98 Å². The topological polar surface area (TPSA) is 29.9 Å². The molecule has 3 heteroatoms. The van der Waals surface area contributed by atoms with Gasteiger partial charge in [-0.3, -0.25) is 0 Å². The number of benzene rings is 1. The second-order valence-electron chi connectivity index (χ2n) is 6.37. The quantitative estimate of drug-likeness (QED) is 0.920. The molecule has 0 spiro atoms. The van der Waals surface area contributed by atoms with E-state index in [1.807, 2.05) is 0 Å². The lowest BCUT2D eigenvalue weighted by molar-refractivity contribution is 0.281. The molecular formula is C17H25N3. The molecule has 1 aliphatic rings. The van der Waals surface area contributed by atoms with Crippen LogP contribution in [0.4, 0.5) is 0 Å². The van der Waals surface area contributed by atoms with Crippen LogP contribution in [0.5, 0.6) is 0 Å². The van der Waals surface area contributed by atoms with Crippen molar-refractivity contribution in [2.75, 3.05) is 0 Å². The second-order valence-corrected chi connectivity index (χ2v) is 6.37. The summed E-state index contributed by atoms with van der Waals surface area (Å²) in [5, 5.41) is 3.78. The number of nitrogens with zero attached hydrogens (tertiary/aromatic N) is 2. The van der Waals surface area contributed by atoms with E-state index < -0.39 is 0 Å². The molecule has 0 saturated heterocycles. The summed E-state index contributed by atoms with van der Waals surface area (Å²) in [7, 11) is 2.12. The van der Waals surface area contributed by atoms with Crippen LogP contribution in [0.1, 0.15) is 51.4 Å².